The van der Waals surface area contributed by atoms with Crippen molar-refractivity contribution < 1.29 is 8.78 Å². The first-order valence-electron chi connectivity index (χ1n) is 32.9. The molecule has 0 aliphatic carbocycles. The highest BCUT2D eigenvalue weighted by molar-refractivity contribution is 6.90. The molecule has 0 N–H and O–H groups in total. The van der Waals surface area contributed by atoms with Crippen molar-refractivity contribution in [2.45, 2.75) is 131 Å². The first-order valence-corrected chi connectivity index (χ1v) is 46.9. The molecule has 0 saturated heterocycles. The van der Waals surface area contributed by atoms with Crippen LogP contribution in [-0.4, -0.2) is 32.3 Å². The molecule has 12 rings (SSSR count). The van der Waals surface area contributed by atoms with Gasteiger partial charge in [-0.1, -0.05) is 311 Å². The van der Waals surface area contributed by atoms with Crippen molar-refractivity contribution in [1.82, 2.24) is 0 Å². The van der Waals surface area contributed by atoms with E-state index in [4.69, 9.17) is 0 Å². The van der Waals surface area contributed by atoms with E-state index in [1.54, 1.807) is 12.1 Å². The summed E-state index contributed by atoms with van der Waals surface area (Å²) in [5.74, 6) is -0.623. The monoisotopic (exact) mass is 1280 g/mol. The maximum atomic E-state index is 18.8. The lowest BCUT2D eigenvalue weighted by molar-refractivity contribution is 0.590. The van der Waals surface area contributed by atoms with Gasteiger partial charge in [-0.15, -0.1) is 0 Å². The smallest absolute Gasteiger partial charge is 0.148 e. The molecule has 0 saturated carbocycles. The minimum Gasteiger partial charge on any atom is -0.306 e. The van der Waals surface area contributed by atoms with Gasteiger partial charge < -0.3 is 9.80 Å². The molecule has 0 amide bonds. The molecular formula is C84H90F2N2Si4. The summed E-state index contributed by atoms with van der Waals surface area (Å²) in [5.41, 5.74) is 13.2. The molecule has 12 aromatic carbocycles. The molecular weight excluding hydrogens is 1190 g/mol. The predicted octanol–water partition coefficient (Wildman–Crippen LogP) is 23.2. The first kappa shape index (κ1) is 64.1. The Morgan fingerprint density at radius 2 is 0.565 bits per heavy atom. The zero-order chi connectivity index (χ0) is 65.8. The Labute approximate surface area is 551 Å². The number of hydrogen-bond donors (Lipinski definition) is 0. The fourth-order valence-electron chi connectivity index (χ4n) is 13.6. The van der Waals surface area contributed by atoms with Crippen LogP contribution in [0.2, 0.25) is 78.6 Å². The molecule has 0 unspecified atom stereocenters. The third-order valence-electron chi connectivity index (χ3n) is 18.9. The Morgan fingerprint density at radius 1 is 0.283 bits per heavy atom. The largest absolute Gasteiger partial charge is 0.306 e. The fraction of sp³-hybridized carbons (Fsp3) is 0.238. The first-order chi connectivity index (χ1) is 43.3. The predicted molar refractivity (Wildman–Crippen MR) is 410 cm³/mol. The van der Waals surface area contributed by atoms with E-state index < -0.39 is 32.3 Å². The summed E-state index contributed by atoms with van der Waals surface area (Å²) in [5, 5.41) is 11.6. The number of rotatable bonds is 14. The third kappa shape index (κ3) is 12.2. The van der Waals surface area contributed by atoms with E-state index in [1.807, 2.05) is 0 Å². The lowest BCUT2D eigenvalue weighted by Gasteiger charge is -2.35. The number of anilines is 6. The van der Waals surface area contributed by atoms with Gasteiger partial charge in [0, 0.05) is 21.9 Å². The number of halogens is 2. The summed E-state index contributed by atoms with van der Waals surface area (Å²) < 4.78 is 37.6. The summed E-state index contributed by atoms with van der Waals surface area (Å²) in [6, 6.07) is 78.4. The molecule has 0 atom stereocenters. The molecule has 12 aromatic rings. The molecule has 8 heteroatoms. The van der Waals surface area contributed by atoms with Crippen LogP contribution in [0, 0.1) is 11.6 Å². The number of para-hydroxylation sites is 2. The molecule has 0 aliphatic rings. The second kappa shape index (κ2) is 23.5. The average molecular weight is 1280 g/mol. The Bertz CT molecular complexity index is 4440. The topological polar surface area (TPSA) is 6.48 Å². The molecule has 466 valence electrons. The Balaban J connectivity index is 1.15. The molecule has 2 nitrogen and oxygen atoms in total. The summed E-state index contributed by atoms with van der Waals surface area (Å²) >= 11 is 0. The molecule has 0 heterocycles. The molecule has 0 aliphatic heterocycles. The van der Waals surface area contributed by atoms with Crippen LogP contribution in [0.3, 0.4) is 0 Å². The highest BCUT2D eigenvalue weighted by Gasteiger charge is 2.33. The van der Waals surface area contributed by atoms with Crippen LogP contribution >= 0.6 is 0 Å². The van der Waals surface area contributed by atoms with Crippen LogP contribution in [-0.2, 0) is 10.8 Å². The highest BCUT2D eigenvalue weighted by Crippen LogP contribution is 2.54. The molecule has 0 fully saturated rings. The van der Waals surface area contributed by atoms with Crippen LogP contribution in [0.25, 0.3) is 76.8 Å². The van der Waals surface area contributed by atoms with Gasteiger partial charge in [0.05, 0.1) is 66.4 Å². The van der Waals surface area contributed by atoms with Crippen molar-refractivity contribution >= 4 is 119 Å². The van der Waals surface area contributed by atoms with Gasteiger partial charge >= 0.3 is 0 Å². The molecule has 0 aromatic heterocycles. The number of hydrogen-bond acceptors (Lipinski definition) is 2. The van der Waals surface area contributed by atoms with Crippen molar-refractivity contribution in [3.63, 3.8) is 0 Å². The second-order valence-corrected chi connectivity index (χ2v) is 52.1. The van der Waals surface area contributed by atoms with Crippen molar-refractivity contribution in [1.29, 1.82) is 0 Å². The Hall–Kier alpha value is -7.99. The normalized spacial score (nSPS) is 12.8. The zero-order valence-corrected chi connectivity index (χ0v) is 61.4. The van der Waals surface area contributed by atoms with E-state index in [9.17, 15) is 0 Å². The van der Waals surface area contributed by atoms with Gasteiger partial charge in [0.1, 0.15) is 11.6 Å². The number of benzene rings is 12. The zero-order valence-electron chi connectivity index (χ0n) is 57.4. The van der Waals surface area contributed by atoms with Crippen molar-refractivity contribution in [2.24, 2.45) is 0 Å². The minimum absolute atomic E-state index is 0.312. The SMILES string of the molecule is CC(C)(C)c1ccccc1N(c1c(F)cc(-c2ccc([Si](C)(C)C)cc2)cc1-c1ccc([Si](C)(C)C)cc1)c1ccc2ccc3c(N(c4ccccc4C(C)(C)C)c4c(F)cc(-c5ccc([Si](C)(C)C)cc5)cc4-c4ccc([Si](C)(C)C)cc4)ccc4ccc1c2c43. The molecule has 0 bridgehead atoms. The average Bonchev–Trinajstić information content (AvgIpc) is 0.717. The van der Waals surface area contributed by atoms with Gasteiger partial charge in [0.25, 0.3) is 0 Å². The van der Waals surface area contributed by atoms with Gasteiger partial charge in [-0.2, -0.15) is 0 Å². The van der Waals surface area contributed by atoms with E-state index in [1.165, 1.54) is 20.7 Å². The van der Waals surface area contributed by atoms with Crippen molar-refractivity contribution in [2.75, 3.05) is 9.80 Å². The standard InChI is InChI=1S/C84H90F2N2Si4/c1-83(2,3)71-23-19-21-25-77(71)87(81-69(57-31-43-65(44-32-57)91(13,14)15)51-61(53-73(81)85)55-27-39-63(40-28-55)89(7,8)9)75-49-37-59-36-48-68-76(50-38-60-35-47-67(75)79(59)80(60)68)88(78-26-22-20-24-72(78)84(4,5)6)82-70(58-33-45-66(46-34-58)92(16,17)18)52-62(54-74(82)86)56-29-41-64(42-30-56)90(10,11)12/h19-54H,1-18H3. The maximum Gasteiger partial charge on any atom is 0.148 e. The lowest BCUT2D eigenvalue weighted by atomic mass is 9.84. The van der Waals surface area contributed by atoms with Gasteiger partial charge in [-0.3, -0.25) is 0 Å². The Morgan fingerprint density at radius 3 is 0.859 bits per heavy atom. The maximum absolute atomic E-state index is 18.8. The molecule has 92 heavy (non-hydrogen) atoms. The quantitative estimate of drug-likeness (QED) is 0.0791. The minimum atomic E-state index is -1.70. The van der Waals surface area contributed by atoms with Crippen LogP contribution in [0.1, 0.15) is 52.7 Å². The van der Waals surface area contributed by atoms with E-state index in [0.29, 0.717) is 11.4 Å². The van der Waals surface area contributed by atoms with Gasteiger partial charge in [0.2, 0.25) is 0 Å². The van der Waals surface area contributed by atoms with E-state index in [-0.39, 0.29) is 22.5 Å². The van der Waals surface area contributed by atoms with Crippen LogP contribution in [0.15, 0.2) is 218 Å². The van der Waals surface area contributed by atoms with Gasteiger partial charge in [0.15, 0.2) is 0 Å². The lowest BCUT2D eigenvalue weighted by Crippen LogP contribution is -2.37. The highest BCUT2D eigenvalue weighted by atomic mass is 28.3. The molecule has 0 radical (unpaired) electrons. The fourth-order valence-corrected chi connectivity index (χ4v) is 18.2. The molecule has 0 spiro atoms. The Kier molecular flexibility index (Phi) is 16.4. The third-order valence-corrected chi connectivity index (χ3v) is 27.1. The number of nitrogens with zero attached hydrogens (tertiary/aromatic N) is 2. The van der Waals surface area contributed by atoms with Crippen molar-refractivity contribution in [3.05, 3.63) is 241 Å². The van der Waals surface area contributed by atoms with Crippen LogP contribution in [0.5, 0.6) is 0 Å². The van der Waals surface area contributed by atoms with Crippen LogP contribution in [0.4, 0.5) is 42.9 Å². The summed E-state index contributed by atoms with van der Waals surface area (Å²) in [6.45, 7) is 41.9. The summed E-state index contributed by atoms with van der Waals surface area (Å²) in [7, 11) is -6.61. The summed E-state index contributed by atoms with van der Waals surface area (Å²) in [6.07, 6.45) is 0. The second-order valence-electron chi connectivity index (χ2n) is 31.8. The van der Waals surface area contributed by atoms with Crippen molar-refractivity contribution in [3.8, 4) is 44.5 Å². The van der Waals surface area contributed by atoms with E-state index >= 15 is 8.78 Å². The summed E-state index contributed by atoms with van der Waals surface area (Å²) in [4.78, 5) is 4.45. The van der Waals surface area contributed by atoms with E-state index in [0.717, 1.165) is 111 Å². The van der Waals surface area contributed by atoms with Gasteiger partial charge in [-0.25, -0.2) is 8.78 Å². The van der Waals surface area contributed by atoms with Gasteiger partial charge in [-0.05, 0) is 125 Å². The van der Waals surface area contributed by atoms with Crippen LogP contribution < -0.4 is 30.5 Å². The van der Waals surface area contributed by atoms with E-state index in [2.05, 4.69) is 336 Å².